The number of nitrogens with two attached hydrogens (primary N) is 1. The molecule has 2 aliphatic rings. The molecule has 1 heterocycles. The third-order valence-corrected chi connectivity index (χ3v) is 6.35. The van der Waals surface area contributed by atoms with E-state index in [-0.39, 0.29) is 12.5 Å². The van der Waals surface area contributed by atoms with Crippen molar-refractivity contribution in [2.75, 3.05) is 26.8 Å². The van der Waals surface area contributed by atoms with Gasteiger partial charge in [0, 0.05) is 24.4 Å². The summed E-state index contributed by atoms with van der Waals surface area (Å²) in [6.07, 6.45) is 2.37. The number of carbonyl (C=O) groups is 2. The number of amides is 2. The van der Waals surface area contributed by atoms with Crippen LogP contribution in [0.25, 0.3) is 0 Å². The summed E-state index contributed by atoms with van der Waals surface area (Å²) in [5.41, 5.74) is 4.38. The van der Waals surface area contributed by atoms with Gasteiger partial charge >= 0.3 is 11.8 Å². The van der Waals surface area contributed by atoms with Crippen LogP contribution in [0.5, 0.6) is 11.5 Å². The molecule has 0 unspecified atom stereocenters. The topological polar surface area (TPSA) is 102 Å². The molecule has 7 nitrogen and oxygen atoms in total. The van der Waals surface area contributed by atoms with E-state index >= 15 is 0 Å². The number of hydrogen-bond donors (Lipinski definition) is 2. The van der Waals surface area contributed by atoms with Crippen molar-refractivity contribution in [1.29, 1.82) is 0 Å². The van der Waals surface area contributed by atoms with Crippen LogP contribution in [-0.4, -0.2) is 54.2 Å². The van der Waals surface area contributed by atoms with Gasteiger partial charge in [0.15, 0.2) is 11.5 Å². The molecule has 0 radical (unpaired) electrons. The molecule has 0 bridgehead atoms. The largest absolute Gasteiger partial charge is 0.493 e. The van der Waals surface area contributed by atoms with Gasteiger partial charge in [-0.1, -0.05) is 13.0 Å². The van der Waals surface area contributed by atoms with Gasteiger partial charge in [-0.25, -0.2) is 0 Å². The Balaban J connectivity index is 1.95. The molecule has 2 atom stereocenters. The molecule has 2 fully saturated rings. The van der Waals surface area contributed by atoms with Crippen LogP contribution in [0.2, 0.25) is 0 Å². The number of benzene rings is 1. The zero-order chi connectivity index (χ0) is 20.7. The van der Waals surface area contributed by atoms with Crippen molar-refractivity contribution in [2.45, 2.75) is 45.1 Å². The Morgan fingerprint density at radius 3 is 2.54 bits per heavy atom. The molecule has 1 saturated heterocycles. The second-order valence-electron chi connectivity index (χ2n) is 8.74. The second-order valence-corrected chi connectivity index (χ2v) is 8.74. The van der Waals surface area contributed by atoms with Crippen molar-refractivity contribution in [3.05, 3.63) is 23.8 Å². The van der Waals surface area contributed by atoms with Crippen molar-refractivity contribution in [2.24, 2.45) is 17.1 Å². The van der Waals surface area contributed by atoms with Crippen LogP contribution in [-0.2, 0) is 9.59 Å². The van der Waals surface area contributed by atoms with Crippen LogP contribution in [0, 0.1) is 11.3 Å². The molecule has 1 aromatic carbocycles. The van der Waals surface area contributed by atoms with Crippen LogP contribution in [0.3, 0.4) is 0 Å². The first kappa shape index (κ1) is 20.5. The van der Waals surface area contributed by atoms with Crippen LogP contribution < -0.4 is 15.2 Å². The van der Waals surface area contributed by atoms with Crippen LogP contribution in [0.4, 0.5) is 0 Å². The Bertz CT molecular complexity index is 769. The lowest BCUT2D eigenvalue weighted by molar-refractivity contribution is -0.144. The highest BCUT2D eigenvalue weighted by Gasteiger charge is 2.53. The Morgan fingerprint density at radius 1 is 1.32 bits per heavy atom. The van der Waals surface area contributed by atoms with E-state index < -0.39 is 22.8 Å². The minimum Gasteiger partial charge on any atom is -0.493 e. The SMILES string of the molecule is COc1ccc([C@@H]2CN(C(=O)C(N)=O)C[C@@]2(C)C(C)(C)O)cc1OCC1CC1. The number of carbonyl (C=O) groups excluding carboxylic acids is 2. The third-order valence-electron chi connectivity index (χ3n) is 6.35. The van der Waals surface area contributed by atoms with Gasteiger partial charge in [0.05, 0.1) is 19.3 Å². The summed E-state index contributed by atoms with van der Waals surface area (Å²) < 4.78 is 11.4. The van der Waals surface area contributed by atoms with Gasteiger partial charge in [-0.3, -0.25) is 9.59 Å². The zero-order valence-corrected chi connectivity index (χ0v) is 17.0. The Kier molecular flexibility index (Phi) is 5.32. The summed E-state index contributed by atoms with van der Waals surface area (Å²) >= 11 is 0. The predicted octanol–water partition coefficient (Wildman–Crippen LogP) is 1.67. The Morgan fingerprint density at radius 2 is 2.00 bits per heavy atom. The maximum absolute atomic E-state index is 12.2. The zero-order valence-electron chi connectivity index (χ0n) is 17.0. The summed E-state index contributed by atoms with van der Waals surface area (Å²) in [5.74, 6) is 0.0101. The first-order chi connectivity index (χ1) is 13.1. The molecule has 3 rings (SSSR count). The number of ether oxygens (including phenoxy) is 2. The van der Waals surface area contributed by atoms with Crippen molar-refractivity contribution in [3.8, 4) is 11.5 Å². The second kappa shape index (κ2) is 7.28. The highest BCUT2D eigenvalue weighted by atomic mass is 16.5. The molecule has 1 aliphatic carbocycles. The van der Waals surface area contributed by atoms with E-state index in [1.165, 1.54) is 17.7 Å². The molecule has 28 heavy (non-hydrogen) atoms. The van der Waals surface area contributed by atoms with Crippen molar-refractivity contribution in [3.63, 3.8) is 0 Å². The van der Waals surface area contributed by atoms with E-state index in [1.54, 1.807) is 21.0 Å². The quantitative estimate of drug-likeness (QED) is 0.720. The molecule has 7 heteroatoms. The highest BCUT2D eigenvalue weighted by molar-refractivity contribution is 6.34. The number of likely N-dealkylation sites (tertiary alicyclic amines) is 1. The van der Waals surface area contributed by atoms with E-state index in [0.717, 1.165) is 5.56 Å². The number of aliphatic hydroxyl groups is 1. The van der Waals surface area contributed by atoms with Crippen molar-refractivity contribution >= 4 is 11.8 Å². The molecule has 1 aliphatic heterocycles. The number of hydrogen-bond acceptors (Lipinski definition) is 5. The normalized spacial score (nSPS) is 24.9. The molecule has 154 valence electrons. The van der Waals surface area contributed by atoms with Gasteiger partial charge in [-0.15, -0.1) is 0 Å². The summed E-state index contributed by atoms with van der Waals surface area (Å²) in [6.45, 7) is 6.59. The molecular formula is C21H30N2O5. The lowest BCUT2D eigenvalue weighted by Crippen LogP contribution is -2.47. The van der Waals surface area contributed by atoms with Crippen molar-refractivity contribution in [1.82, 2.24) is 4.90 Å². The van der Waals surface area contributed by atoms with Crippen LogP contribution >= 0.6 is 0 Å². The summed E-state index contributed by atoms with van der Waals surface area (Å²) in [5, 5.41) is 10.9. The van der Waals surface area contributed by atoms with E-state index in [0.29, 0.717) is 30.6 Å². The maximum atomic E-state index is 12.2. The van der Waals surface area contributed by atoms with Crippen LogP contribution in [0.15, 0.2) is 18.2 Å². The van der Waals surface area contributed by atoms with E-state index in [9.17, 15) is 14.7 Å². The molecule has 0 aromatic heterocycles. The van der Waals surface area contributed by atoms with Gasteiger partial charge < -0.3 is 25.2 Å². The summed E-state index contributed by atoms with van der Waals surface area (Å²) in [7, 11) is 1.60. The fourth-order valence-corrected chi connectivity index (χ4v) is 3.91. The monoisotopic (exact) mass is 390 g/mol. The number of methoxy groups -OCH3 is 1. The van der Waals surface area contributed by atoms with Gasteiger partial charge in [-0.2, -0.15) is 0 Å². The first-order valence-electron chi connectivity index (χ1n) is 9.68. The van der Waals surface area contributed by atoms with E-state index in [1.807, 2.05) is 25.1 Å². The fourth-order valence-electron chi connectivity index (χ4n) is 3.91. The van der Waals surface area contributed by atoms with E-state index in [2.05, 4.69) is 0 Å². The number of primary amides is 1. The van der Waals surface area contributed by atoms with Gasteiger partial charge in [0.25, 0.3) is 0 Å². The van der Waals surface area contributed by atoms with Crippen molar-refractivity contribution < 1.29 is 24.2 Å². The molecule has 3 N–H and O–H groups in total. The summed E-state index contributed by atoms with van der Waals surface area (Å²) in [6, 6.07) is 5.70. The predicted molar refractivity (Wildman–Crippen MR) is 104 cm³/mol. The Hall–Kier alpha value is -2.28. The smallest absolute Gasteiger partial charge is 0.311 e. The minimum atomic E-state index is -1.08. The maximum Gasteiger partial charge on any atom is 0.311 e. The van der Waals surface area contributed by atoms with Gasteiger partial charge in [-0.05, 0) is 50.3 Å². The summed E-state index contributed by atoms with van der Waals surface area (Å²) in [4.78, 5) is 25.1. The molecule has 1 aromatic rings. The number of nitrogens with zero attached hydrogens (tertiary/aromatic N) is 1. The lowest BCUT2D eigenvalue weighted by Gasteiger charge is -2.41. The standard InChI is InChI=1S/C21H30N2O5/c1-20(2,26)21(3)12-23(19(25)18(22)24)10-15(21)14-7-8-16(27-4)17(9-14)28-11-13-5-6-13/h7-9,13,15,26H,5-6,10-12H2,1-4H3,(H2,22,24)/t15-,21+/m0/s1. The molecule has 0 spiro atoms. The minimum absolute atomic E-state index is 0.190. The lowest BCUT2D eigenvalue weighted by atomic mass is 9.66. The third kappa shape index (κ3) is 3.81. The van der Waals surface area contributed by atoms with E-state index in [4.69, 9.17) is 15.2 Å². The molecule has 2 amide bonds. The van der Waals surface area contributed by atoms with Gasteiger partial charge in [0.1, 0.15) is 0 Å². The molecular weight excluding hydrogens is 360 g/mol. The molecule has 1 saturated carbocycles. The average molecular weight is 390 g/mol. The fraction of sp³-hybridized carbons (Fsp3) is 0.619. The van der Waals surface area contributed by atoms with Crippen LogP contribution in [0.1, 0.15) is 45.1 Å². The highest BCUT2D eigenvalue weighted by Crippen LogP contribution is 2.50. The average Bonchev–Trinajstić information content (AvgIpc) is 3.39. The first-order valence-corrected chi connectivity index (χ1v) is 9.68. The number of rotatable bonds is 6. The van der Waals surface area contributed by atoms with Gasteiger partial charge in [0.2, 0.25) is 0 Å². The Labute approximate surface area is 165 Å².